The second kappa shape index (κ2) is 17.4. The number of anilines is 3. The molecule has 0 saturated carbocycles. The number of hydrogen-bond acceptors (Lipinski definition) is 8. The summed E-state index contributed by atoms with van der Waals surface area (Å²) in [4.78, 5) is 46.6. The van der Waals surface area contributed by atoms with Crippen LogP contribution in [0.4, 0.5) is 17.1 Å². The van der Waals surface area contributed by atoms with Crippen LogP contribution in [0, 0.1) is 5.92 Å². The number of nitrogen functional groups attached to an aromatic ring is 1. The fourth-order valence-corrected chi connectivity index (χ4v) is 5.69. The molecule has 2 aromatic carbocycles. The minimum Gasteiger partial charge on any atom is -0.488 e. The number of unbranched alkanes of at least 4 members (excludes halogenated alkanes) is 2. The normalized spacial score (nSPS) is 17.1. The Bertz CT molecular complexity index is 1490. The maximum atomic E-state index is 13.5. The van der Waals surface area contributed by atoms with Gasteiger partial charge in [-0.15, -0.1) is 0 Å². The van der Waals surface area contributed by atoms with E-state index in [9.17, 15) is 19.5 Å². The standard InChI is InChI=1S/C36H48N6O5/c1-25-21-42(26(2)24-43)36(46)20-28-19-29(13-14-32(28)47-33(25)23-41(3)22-27-15-17-38-18-16-27)39-34(44)11-5-4-6-12-35(45)40-31-10-8-7-9-30(31)37/h7-10,13-19,25-26,33,43H,4-6,11-12,20-24,37H2,1-3H3,(H,39,44)(H,40,45)/t25-,26-,33+/m1/s1. The lowest BCUT2D eigenvalue weighted by molar-refractivity contribution is -0.134. The van der Waals surface area contributed by atoms with Gasteiger partial charge in [-0.25, -0.2) is 0 Å². The number of aliphatic hydroxyl groups excluding tert-OH is 1. The van der Waals surface area contributed by atoms with Crippen LogP contribution in [-0.4, -0.2) is 76.5 Å². The summed E-state index contributed by atoms with van der Waals surface area (Å²) in [5, 5.41) is 15.7. The molecule has 11 nitrogen and oxygen atoms in total. The van der Waals surface area contributed by atoms with E-state index < -0.39 is 0 Å². The van der Waals surface area contributed by atoms with E-state index in [1.54, 1.807) is 41.6 Å². The largest absolute Gasteiger partial charge is 0.488 e. The molecular formula is C36H48N6O5. The van der Waals surface area contributed by atoms with Gasteiger partial charge in [0.1, 0.15) is 11.9 Å². The van der Waals surface area contributed by atoms with Crippen LogP contribution >= 0.6 is 0 Å². The number of amides is 3. The number of pyridine rings is 1. The van der Waals surface area contributed by atoms with E-state index in [0.717, 1.165) is 18.5 Å². The molecule has 0 bridgehead atoms. The molecule has 0 fully saturated rings. The van der Waals surface area contributed by atoms with Crippen molar-refractivity contribution in [2.45, 2.75) is 71.1 Å². The van der Waals surface area contributed by atoms with Crippen molar-refractivity contribution in [3.05, 3.63) is 78.1 Å². The van der Waals surface area contributed by atoms with Gasteiger partial charge in [0.05, 0.1) is 30.4 Å². The number of nitrogens with one attached hydrogen (secondary N) is 2. The summed E-state index contributed by atoms with van der Waals surface area (Å²) in [6.45, 7) is 5.57. The fourth-order valence-electron chi connectivity index (χ4n) is 5.69. The zero-order chi connectivity index (χ0) is 33.8. The van der Waals surface area contributed by atoms with Crippen molar-refractivity contribution in [1.29, 1.82) is 0 Å². The van der Waals surface area contributed by atoms with Crippen LogP contribution in [0.2, 0.25) is 0 Å². The number of para-hydroxylation sites is 2. The molecule has 5 N–H and O–H groups in total. The second-order valence-electron chi connectivity index (χ2n) is 12.5. The zero-order valence-corrected chi connectivity index (χ0v) is 27.7. The number of benzene rings is 2. The number of nitrogens with zero attached hydrogens (tertiary/aromatic N) is 3. The van der Waals surface area contributed by atoms with Gasteiger partial charge in [0.25, 0.3) is 0 Å². The third kappa shape index (κ3) is 10.8. The first-order chi connectivity index (χ1) is 22.6. The molecule has 1 aromatic heterocycles. The zero-order valence-electron chi connectivity index (χ0n) is 27.7. The molecule has 3 aromatic rings. The van der Waals surface area contributed by atoms with E-state index in [1.165, 1.54) is 0 Å². The van der Waals surface area contributed by atoms with Gasteiger partial charge in [0.2, 0.25) is 17.7 Å². The molecule has 0 radical (unpaired) electrons. The summed E-state index contributed by atoms with van der Waals surface area (Å²) in [6, 6.07) is 16.2. The Labute approximate surface area is 277 Å². The van der Waals surface area contributed by atoms with E-state index in [1.807, 2.05) is 44.3 Å². The smallest absolute Gasteiger partial charge is 0.227 e. The van der Waals surface area contributed by atoms with Crippen LogP contribution < -0.4 is 21.1 Å². The van der Waals surface area contributed by atoms with Crippen molar-refractivity contribution < 1.29 is 24.2 Å². The van der Waals surface area contributed by atoms with Crippen LogP contribution in [0.5, 0.6) is 5.75 Å². The molecular weight excluding hydrogens is 596 g/mol. The van der Waals surface area contributed by atoms with Crippen LogP contribution in [0.1, 0.15) is 57.1 Å². The van der Waals surface area contributed by atoms with E-state index >= 15 is 0 Å². The molecule has 0 aliphatic carbocycles. The summed E-state index contributed by atoms with van der Waals surface area (Å²) in [6.07, 6.45) is 6.10. The van der Waals surface area contributed by atoms with Crippen molar-refractivity contribution in [3.63, 3.8) is 0 Å². The highest BCUT2D eigenvalue weighted by Crippen LogP contribution is 2.29. The fraction of sp³-hybridized carbons (Fsp3) is 0.444. The lowest BCUT2D eigenvalue weighted by Crippen LogP contribution is -2.47. The lowest BCUT2D eigenvalue weighted by Gasteiger charge is -2.34. The highest BCUT2D eigenvalue weighted by Gasteiger charge is 2.31. The van der Waals surface area contributed by atoms with Crippen LogP contribution in [-0.2, 0) is 27.3 Å². The summed E-state index contributed by atoms with van der Waals surface area (Å²) in [7, 11) is 2.04. The topological polar surface area (TPSA) is 150 Å². The molecule has 0 spiro atoms. The molecule has 2 heterocycles. The number of carbonyl (C=O) groups excluding carboxylic acids is 3. The van der Waals surface area contributed by atoms with Crippen LogP contribution in [0.3, 0.4) is 0 Å². The molecule has 4 rings (SSSR count). The third-order valence-electron chi connectivity index (χ3n) is 8.44. The molecule has 0 unspecified atom stereocenters. The van der Waals surface area contributed by atoms with Gasteiger partial charge in [-0.2, -0.15) is 0 Å². The second-order valence-corrected chi connectivity index (χ2v) is 12.5. The molecule has 11 heteroatoms. The van der Waals surface area contributed by atoms with E-state index in [-0.39, 0.29) is 48.8 Å². The minimum absolute atomic E-state index is 0.0132. The minimum atomic E-state index is -0.341. The summed E-state index contributed by atoms with van der Waals surface area (Å²) in [5.41, 5.74) is 9.42. The Hall–Kier alpha value is -4.48. The average Bonchev–Trinajstić information content (AvgIpc) is 3.09. The summed E-state index contributed by atoms with van der Waals surface area (Å²) < 4.78 is 6.61. The Morgan fingerprint density at radius 3 is 2.47 bits per heavy atom. The highest BCUT2D eigenvalue weighted by molar-refractivity contribution is 5.94. The number of aromatic nitrogens is 1. The van der Waals surface area contributed by atoms with Crippen molar-refractivity contribution in [3.8, 4) is 5.75 Å². The van der Waals surface area contributed by atoms with E-state index in [0.29, 0.717) is 67.1 Å². The van der Waals surface area contributed by atoms with Crippen molar-refractivity contribution in [2.75, 3.05) is 43.1 Å². The average molecular weight is 645 g/mol. The predicted molar refractivity (Wildman–Crippen MR) is 184 cm³/mol. The Morgan fingerprint density at radius 2 is 1.77 bits per heavy atom. The molecule has 0 saturated heterocycles. The first-order valence-electron chi connectivity index (χ1n) is 16.3. The third-order valence-corrected chi connectivity index (χ3v) is 8.44. The quantitative estimate of drug-likeness (QED) is 0.148. The summed E-state index contributed by atoms with van der Waals surface area (Å²) >= 11 is 0. The molecule has 3 amide bonds. The van der Waals surface area contributed by atoms with Gasteiger partial charge in [0.15, 0.2) is 0 Å². The number of rotatable bonds is 14. The van der Waals surface area contributed by atoms with E-state index in [4.69, 9.17) is 10.5 Å². The van der Waals surface area contributed by atoms with Gasteiger partial charge in [-0.1, -0.05) is 25.5 Å². The molecule has 3 atom stereocenters. The molecule has 252 valence electrons. The van der Waals surface area contributed by atoms with Gasteiger partial charge < -0.3 is 31.1 Å². The highest BCUT2D eigenvalue weighted by atomic mass is 16.5. The maximum Gasteiger partial charge on any atom is 0.227 e. The predicted octanol–water partition coefficient (Wildman–Crippen LogP) is 4.47. The van der Waals surface area contributed by atoms with Gasteiger partial charge in [-0.3, -0.25) is 24.3 Å². The van der Waals surface area contributed by atoms with Gasteiger partial charge in [-0.05, 0) is 74.8 Å². The maximum absolute atomic E-state index is 13.5. The number of carbonyl (C=O) groups is 3. The first kappa shape index (κ1) is 35.4. The van der Waals surface area contributed by atoms with Crippen LogP contribution in [0.25, 0.3) is 0 Å². The molecule has 1 aliphatic rings. The number of nitrogens with two attached hydrogens (primary N) is 1. The number of hydrogen-bond donors (Lipinski definition) is 4. The van der Waals surface area contributed by atoms with Gasteiger partial charge in [0, 0.05) is 62.0 Å². The molecule has 1 aliphatic heterocycles. The molecule has 47 heavy (non-hydrogen) atoms. The van der Waals surface area contributed by atoms with Crippen LogP contribution in [0.15, 0.2) is 67.0 Å². The monoisotopic (exact) mass is 644 g/mol. The van der Waals surface area contributed by atoms with E-state index in [2.05, 4.69) is 27.4 Å². The number of fused-ring (bicyclic) bond motifs is 1. The van der Waals surface area contributed by atoms with Crippen molar-refractivity contribution in [1.82, 2.24) is 14.8 Å². The lowest BCUT2D eigenvalue weighted by atomic mass is 10.0. The SMILES string of the molecule is C[C@@H]1CN([C@H](C)CO)C(=O)Cc2cc(NC(=O)CCCCCC(=O)Nc3ccccc3N)ccc2O[C@H]1CN(C)Cc1ccncc1. The number of aliphatic hydroxyl groups is 1. The van der Waals surface area contributed by atoms with Crippen molar-refractivity contribution in [2.24, 2.45) is 5.92 Å². The number of ether oxygens (including phenoxy) is 1. The number of likely N-dealkylation sites (N-methyl/N-ethyl adjacent to an activating group) is 1. The summed E-state index contributed by atoms with van der Waals surface area (Å²) in [5.74, 6) is 0.253. The van der Waals surface area contributed by atoms with Crippen molar-refractivity contribution >= 4 is 34.8 Å². The Balaban J connectivity index is 1.36. The first-order valence-corrected chi connectivity index (χ1v) is 16.3. The Kier molecular flexibility index (Phi) is 13.1. The Morgan fingerprint density at radius 1 is 1.06 bits per heavy atom. The van der Waals surface area contributed by atoms with Gasteiger partial charge >= 0.3 is 0 Å².